The summed E-state index contributed by atoms with van der Waals surface area (Å²) in [5, 5.41) is 14.5. The maximum Gasteiger partial charge on any atom is 0.407 e. The van der Waals surface area contributed by atoms with Crippen LogP contribution in [0.3, 0.4) is 0 Å². The van der Waals surface area contributed by atoms with Gasteiger partial charge in [0.2, 0.25) is 5.91 Å². The molecule has 168 valence electrons. The van der Waals surface area contributed by atoms with E-state index in [9.17, 15) is 14.4 Å². The van der Waals surface area contributed by atoms with E-state index in [1.165, 1.54) is 0 Å². The number of benzene rings is 2. The Labute approximate surface area is 187 Å². The van der Waals surface area contributed by atoms with Gasteiger partial charge in [-0.3, -0.25) is 4.79 Å². The van der Waals surface area contributed by atoms with E-state index in [1.807, 2.05) is 24.3 Å². The van der Waals surface area contributed by atoms with Gasteiger partial charge in [-0.25, -0.2) is 9.59 Å². The highest BCUT2D eigenvalue weighted by Gasteiger charge is 2.35. The molecule has 2 aliphatic rings. The smallest absolute Gasteiger partial charge is 0.407 e. The van der Waals surface area contributed by atoms with Gasteiger partial charge in [0.25, 0.3) is 0 Å². The van der Waals surface area contributed by atoms with Crippen LogP contribution in [0.4, 0.5) is 4.79 Å². The molecule has 2 atom stereocenters. The number of fused-ring (bicyclic) bond motifs is 3. The Balaban J connectivity index is 1.36. The molecule has 1 fully saturated rings. The summed E-state index contributed by atoms with van der Waals surface area (Å²) in [7, 11) is 0. The third-order valence-corrected chi connectivity index (χ3v) is 6.28. The van der Waals surface area contributed by atoms with Crippen LogP contribution < -0.4 is 10.6 Å². The van der Waals surface area contributed by atoms with Crippen LogP contribution in [0.2, 0.25) is 0 Å². The van der Waals surface area contributed by atoms with Crippen molar-refractivity contribution in [2.75, 3.05) is 6.61 Å². The zero-order chi connectivity index (χ0) is 22.7. The molecule has 0 aromatic heterocycles. The van der Waals surface area contributed by atoms with Crippen molar-refractivity contribution in [2.24, 2.45) is 5.92 Å². The molecule has 3 N–H and O–H groups in total. The first-order chi connectivity index (χ1) is 15.5. The van der Waals surface area contributed by atoms with E-state index in [1.54, 1.807) is 6.92 Å². The molecular formula is C25H28N2O5. The first-order valence-electron chi connectivity index (χ1n) is 11.1. The summed E-state index contributed by atoms with van der Waals surface area (Å²) in [4.78, 5) is 36.0. The molecule has 1 saturated carbocycles. The van der Waals surface area contributed by atoms with E-state index in [2.05, 4.69) is 34.9 Å². The topological polar surface area (TPSA) is 105 Å². The molecule has 32 heavy (non-hydrogen) atoms. The normalized spacial score (nSPS) is 16.4. The number of carboxylic acid groups (broad SMARTS) is 1. The number of carbonyl (C=O) groups is 3. The molecule has 0 bridgehead atoms. The van der Waals surface area contributed by atoms with Crippen LogP contribution in [0.1, 0.15) is 49.7 Å². The largest absolute Gasteiger partial charge is 0.480 e. The van der Waals surface area contributed by atoms with E-state index in [0.717, 1.165) is 35.1 Å². The van der Waals surface area contributed by atoms with Crippen LogP contribution in [0.5, 0.6) is 0 Å². The first-order valence-corrected chi connectivity index (χ1v) is 11.1. The molecule has 2 aromatic rings. The van der Waals surface area contributed by atoms with Crippen LogP contribution in [0, 0.1) is 5.92 Å². The predicted molar refractivity (Wildman–Crippen MR) is 119 cm³/mol. The highest BCUT2D eigenvalue weighted by Crippen LogP contribution is 2.44. The number of hydrogen-bond acceptors (Lipinski definition) is 4. The maximum absolute atomic E-state index is 12.6. The van der Waals surface area contributed by atoms with Gasteiger partial charge in [0.1, 0.15) is 12.6 Å². The molecule has 2 aliphatic carbocycles. The Morgan fingerprint density at radius 2 is 1.59 bits per heavy atom. The Bertz CT molecular complexity index is 971. The van der Waals surface area contributed by atoms with Gasteiger partial charge in [-0.2, -0.15) is 0 Å². The molecule has 2 aromatic carbocycles. The minimum atomic E-state index is -1.06. The van der Waals surface area contributed by atoms with Crippen molar-refractivity contribution in [3.63, 3.8) is 0 Å². The van der Waals surface area contributed by atoms with E-state index >= 15 is 0 Å². The summed E-state index contributed by atoms with van der Waals surface area (Å²) in [5.41, 5.74) is 4.60. The maximum atomic E-state index is 12.6. The monoisotopic (exact) mass is 436 g/mol. The van der Waals surface area contributed by atoms with E-state index in [4.69, 9.17) is 9.84 Å². The van der Waals surface area contributed by atoms with Crippen molar-refractivity contribution in [3.8, 4) is 11.1 Å². The molecule has 0 saturated heterocycles. The van der Waals surface area contributed by atoms with Crippen LogP contribution in [-0.2, 0) is 14.3 Å². The lowest BCUT2D eigenvalue weighted by Gasteiger charge is -2.20. The molecule has 0 aliphatic heterocycles. The lowest BCUT2D eigenvalue weighted by atomic mass is 9.98. The van der Waals surface area contributed by atoms with Crippen molar-refractivity contribution in [1.29, 1.82) is 0 Å². The van der Waals surface area contributed by atoms with E-state index in [-0.39, 0.29) is 36.8 Å². The standard InChI is InChI=1S/C25H28N2O5/c1-2-21(24(29)30)26-23(28)13-22(15-11-12-15)27-25(31)32-14-20-18-9-5-3-7-16(18)17-8-4-6-10-19(17)20/h3-10,15,20-22H,2,11-14H2,1H3,(H,26,28)(H,27,31)(H,29,30)/t21-,22?/m0/s1. The third kappa shape index (κ3) is 4.77. The fraction of sp³-hybridized carbons (Fsp3) is 0.400. The van der Waals surface area contributed by atoms with Crippen molar-refractivity contribution < 1.29 is 24.2 Å². The summed E-state index contributed by atoms with van der Waals surface area (Å²) in [6.07, 6.45) is 1.64. The Hall–Kier alpha value is -3.35. The molecule has 0 heterocycles. The summed E-state index contributed by atoms with van der Waals surface area (Å²) < 4.78 is 5.59. The highest BCUT2D eigenvalue weighted by molar-refractivity contribution is 5.84. The minimum Gasteiger partial charge on any atom is -0.480 e. The SMILES string of the molecule is CC[C@H](NC(=O)CC(NC(=O)OCC1c2ccccc2-c2ccccc21)C1CC1)C(=O)O. The zero-order valence-electron chi connectivity index (χ0n) is 18.0. The summed E-state index contributed by atoms with van der Waals surface area (Å²) in [6.45, 7) is 1.91. The quantitative estimate of drug-likeness (QED) is 0.556. The number of aliphatic carboxylic acids is 1. The van der Waals surface area contributed by atoms with Gasteiger partial charge in [0, 0.05) is 18.4 Å². The molecule has 1 unspecified atom stereocenters. The Morgan fingerprint density at radius 3 is 2.12 bits per heavy atom. The number of carboxylic acids is 1. The lowest BCUT2D eigenvalue weighted by molar-refractivity contribution is -0.142. The third-order valence-electron chi connectivity index (χ3n) is 6.28. The first kappa shape index (κ1) is 21.9. The van der Waals surface area contributed by atoms with Crippen molar-refractivity contribution in [1.82, 2.24) is 10.6 Å². The number of alkyl carbamates (subject to hydrolysis) is 1. The lowest BCUT2D eigenvalue weighted by Crippen LogP contribution is -2.45. The molecular weight excluding hydrogens is 408 g/mol. The molecule has 7 heteroatoms. The van der Waals surface area contributed by atoms with Crippen LogP contribution in [0.25, 0.3) is 11.1 Å². The van der Waals surface area contributed by atoms with Gasteiger partial charge in [0.15, 0.2) is 0 Å². The summed E-state index contributed by atoms with van der Waals surface area (Å²) in [5.74, 6) is -1.26. The molecule has 0 spiro atoms. The second kappa shape index (κ2) is 9.42. The summed E-state index contributed by atoms with van der Waals surface area (Å²) >= 11 is 0. The molecule has 4 rings (SSSR count). The highest BCUT2D eigenvalue weighted by atomic mass is 16.5. The number of ether oxygens (including phenoxy) is 1. The van der Waals surface area contributed by atoms with Crippen molar-refractivity contribution in [3.05, 3.63) is 59.7 Å². The minimum absolute atomic E-state index is 0.0308. The second-order valence-electron chi connectivity index (χ2n) is 8.48. The van der Waals surface area contributed by atoms with Crippen molar-refractivity contribution >= 4 is 18.0 Å². The fourth-order valence-electron chi connectivity index (χ4n) is 4.42. The van der Waals surface area contributed by atoms with Gasteiger partial charge < -0.3 is 20.5 Å². The predicted octanol–water partition coefficient (Wildman–Crippen LogP) is 3.67. The number of hydrogen-bond donors (Lipinski definition) is 3. The number of nitrogens with one attached hydrogen (secondary N) is 2. The van der Waals surface area contributed by atoms with E-state index < -0.39 is 18.1 Å². The van der Waals surface area contributed by atoms with Gasteiger partial charge in [-0.15, -0.1) is 0 Å². The Kier molecular flexibility index (Phi) is 6.44. The molecule has 7 nitrogen and oxygen atoms in total. The average molecular weight is 437 g/mol. The van der Waals surface area contributed by atoms with Crippen molar-refractivity contribution in [2.45, 2.75) is 50.6 Å². The van der Waals surface area contributed by atoms with Gasteiger partial charge in [0.05, 0.1) is 0 Å². The Morgan fingerprint density at radius 1 is 1.00 bits per heavy atom. The zero-order valence-corrected chi connectivity index (χ0v) is 18.0. The van der Waals surface area contributed by atoms with Crippen LogP contribution >= 0.6 is 0 Å². The number of rotatable bonds is 9. The summed E-state index contributed by atoms with van der Waals surface area (Å²) in [6, 6.07) is 15.0. The average Bonchev–Trinajstić information content (AvgIpc) is 3.58. The van der Waals surface area contributed by atoms with Gasteiger partial charge in [-0.05, 0) is 47.4 Å². The molecule has 2 amide bonds. The second-order valence-corrected chi connectivity index (χ2v) is 8.48. The molecule has 0 radical (unpaired) electrons. The number of amides is 2. The fourth-order valence-corrected chi connectivity index (χ4v) is 4.42. The van der Waals surface area contributed by atoms with E-state index in [0.29, 0.717) is 6.42 Å². The van der Waals surface area contributed by atoms with Gasteiger partial charge >= 0.3 is 12.1 Å². The van der Waals surface area contributed by atoms with Crippen LogP contribution in [0.15, 0.2) is 48.5 Å². The van der Waals surface area contributed by atoms with Gasteiger partial charge in [-0.1, -0.05) is 55.5 Å². The van der Waals surface area contributed by atoms with Crippen LogP contribution in [-0.4, -0.2) is 41.8 Å². The number of carbonyl (C=O) groups excluding carboxylic acids is 2.